The van der Waals surface area contributed by atoms with Gasteiger partial charge in [-0.15, -0.1) is 0 Å². The molecule has 0 aromatic heterocycles. The van der Waals surface area contributed by atoms with E-state index in [9.17, 15) is 4.79 Å². The summed E-state index contributed by atoms with van der Waals surface area (Å²) in [6.07, 6.45) is 5.07. The molecule has 5 aliphatic rings. The molecular weight excluding hydrogens is 124 g/mol. The molecule has 2 unspecified atom stereocenters. The van der Waals surface area contributed by atoms with Crippen molar-refractivity contribution in [1.82, 2.24) is 0 Å². The lowest BCUT2D eigenvalue weighted by molar-refractivity contribution is -0.150. The van der Waals surface area contributed by atoms with Crippen LogP contribution in [0.4, 0.5) is 0 Å². The van der Waals surface area contributed by atoms with Gasteiger partial charge >= 0.3 is 0 Å². The highest BCUT2D eigenvalue weighted by atomic mass is 16.1. The van der Waals surface area contributed by atoms with Crippen LogP contribution in [0.1, 0.15) is 25.7 Å². The van der Waals surface area contributed by atoms with Gasteiger partial charge in [0.25, 0.3) is 0 Å². The Balaban J connectivity index is 1.98. The van der Waals surface area contributed by atoms with Crippen LogP contribution in [0.2, 0.25) is 0 Å². The highest BCUT2D eigenvalue weighted by Crippen LogP contribution is 2.58. The van der Waals surface area contributed by atoms with Crippen molar-refractivity contribution in [2.24, 2.45) is 23.7 Å². The van der Waals surface area contributed by atoms with E-state index in [4.69, 9.17) is 0 Å². The summed E-state index contributed by atoms with van der Waals surface area (Å²) in [6.45, 7) is 0. The van der Waals surface area contributed by atoms with Crippen LogP contribution in [0.3, 0.4) is 0 Å². The Morgan fingerprint density at radius 1 is 1.10 bits per heavy atom. The first-order chi connectivity index (χ1) is 4.84. The van der Waals surface area contributed by atoms with E-state index in [1.165, 1.54) is 19.3 Å². The molecule has 1 nitrogen and oxygen atoms in total. The maximum atomic E-state index is 11.3. The molecule has 0 aromatic rings. The van der Waals surface area contributed by atoms with Crippen molar-refractivity contribution < 1.29 is 4.79 Å². The number of rotatable bonds is 0. The second-order valence-corrected chi connectivity index (χ2v) is 4.29. The molecule has 5 aliphatic carbocycles. The Morgan fingerprint density at radius 2 is 1.80 bits per heavy atom. The minimum Gasteiger partial charge on any atom is -0.299 e. The Kier molecular flexibility index (Phi) is 0.781. The lowest BCUT2D eigenvalue weighted by Gasteiger charge is -2.56. The first kappa shape index (κ1) is 5.34. The number of Topliss-reactive ketones (excluding diaryl/α,β-unsaturated/α-hetero) is 1. The van der Waals surface area contributed by atoms with Crippen LogP contribution in [0.5, 0.6) is 0 Å². The van der Waals surface area contributed by atoms with Crippen LogP contribution in [0.15, 0.2) is 0 Å². The van der Waals surface area contributed by atoms with Gasteiger partial charge in [0.05, 0.1) is 0 Å². The van der Waals surface area contributed by atoms with Crippen molar-refractivity contribution in [2.45, 2.75) is 25.7 Å². The molecule has 0 heterocycles. The standard InChI is InChI=1S/C9H12O/c10-8-3-5-1-6-4-7(2-5)9(6)8/h5-7,9H,1-4H2. The first-order valence-corrected chi connectivity index (χ1v) is 4.37. The quantitative estimate of drug-likeness (QED) is 0.494. The Bertz CT molecular complexity index is 185. The fraction of sp³-hybridized carbons (Fsp3) is 0.889. The van der Waals surface area contributed by atoms with Crippen LogP contribution in [0, 0.1) is 23.7 Å². The summed E-state index contributed by atoms with van der Waals surface area (Å²) in [5.41, 5.74) is 0. The number of fused-ring (bicyclic) bond motifs is 1. The zero-order chi connectivity index (χ0) is 6.72. The van der Waals surface area contributed by atoms with Crippen LogP contribution in [-0.2, 0) is 4.79 Å². The number of ketones is 1. The van der Waals surface area contributed by atoms with Gasteiger partial charge in [0, 0.05) is 12.3 Å². The highest BCUT2D eigenvalue weighted by Gasteiger charge is 2.54. The van der Waals surface area contributed by atoms with Crippen molar-refractivity contribution in [1.29, 1.82) is 0 Å². The van der Waals surface area contributed by atoms with E-state index >= 15 is 0 Å². The van der Waals surface area contributed by atoms with E-state index in [2.05, 4.69) is 0 Å². The number of hydrogen-bond acceptors (Lipinski definition) is 1. The predicted molar refractivity (Wildman–Crippen MR) is 37.4 cm³/mol. The summed E-state index contributed by atoms with van der Waals surface area (Å²) in [4.78, 5) is 11.3. The molecule has 10 heavy (non-hydrogen) atoms. The zero-order valence-electron chi connectivity index (χ0n) is 6.05. The van der Waals surface area contributed by atoms with Gasteiger partial charge in [0.15, 0.2) is 0 Å². The van der Waals surface area contributed by atoms with Crippen LogP contribution < -0.4 is 0 Å². The van der Waals surface area contributed by atoms with E-state index in [-0.39, 0.29) is 0 Å². The Morgan fingerprint density at radius 3 is 2.20 bits per heavy atom. The van der Waals surface area contributed by atoms with Gasteiger partial charge in [-0.05, 0) is 37.0 Å². The van der Waals surface area contributed by atoms with Crippen molar-refractivity contribution in [3.8, 4) is 0 Å². The Hall–Kier alpha value is -0.330. The third kappa shape index (κ3) is 0.446. The molecule has 5 fully saturated rings. The summed E-state index contributed by atoms with van der Waals surface area (Å²) in [7, 11) is 0. The van der Waals surface area contributed by atoms with Crippen molar-refractivity contribution in [2.75, 3.05) is 0 Å². The summed E-state index contributed by atoms with van der Waals surface area (Å²) in [5.74, 6) is 3.63. The maximum Gasteiger partial charge on any atom is 0.136 e. The molecule has 0 N–H and O–H groups in total. The molecule has 0 aliphatic heterocycles. The van der Waals surface area contributed by atoms with Crippen molar-refractivity contribution in [3.63, 3.8) is 0 Å². The minimum atomic E-state index is 0.546. The molecule has 1 heteroatoms. The third-order valence-electron chi connectivity index (χ3n) is 3.76. The fourth-order valence-corrected chi connectivity index (χ4v) is 3.42. The largest absolute Gasteiger partial charge is 0.299 e. The lowest BCUT2D eigenvalue weighted by atomic mass is 9.48. The van der Waals surface area contributed by atoms with Gasteiger partial charge in [-0.25, -0.2) is 0 Å². The first-order valence-electron chi connectivity index (χ1n) is 4.37. The van der Waals surface area contributed by atoms with Gasteiger partial charge in [-0.3, -0.25) is 4.79 Å². The number of carbonyl (C=O) groups excluding carboxylic acids is 1. The van der Waals surface area contributed by atoms with Crippen LogP contribution in [0.25, 0.3) is 0 Å². The topological polar surface area (TPSA) is 17.1 Å². The fourth-order valence-electron chi connectivity index (χ4n) is 3.42. The van der Waals surface area contributed by atoms with E-state index < -0.39 is 0 Å². The van der Waals surface area contributed by atoms with E-state index in [1.54, 1.807) is 0 Å². The van der Waals surface area contributed by atoms with Crippen LogP contribution >= 0.6 is 0 Å². The molecule has 4 bridgehead atoms. The van der Waals surface area contributed by atoms with Gasteiger partial charge in [-0.1, -0.05) is 0 Å². The molecule has 2 atom stereocenters. The van der Waals surface area contributed by atoms with E-state index in [0.717, 1.165) is 24.2 Å². The normalized spacial score (nSPS) is 56.6. The zero-order valence-corrected chi connectivity index (χ0v) is 6.05. The second-order valence-electron chi connectivity index (χ2n) is 4.29. The maximum absolute atomic E-state index is 11.3. The summed E-state index contributed by atoms with van der Waals surface area (Å²) < 4.78 is 0. The van der Waals surface area contributed by atoms with Crippen LogP contribution in [-0.4, -0.2) is 5.78 Å². The molecule has 0 amide bonds. The van der Waals surface area contributed by atoms with Gasteiger partial charge in [-0.2, -0.15) is 0 Å². The molecular formula is C9H12O. The van der Waals surface area contributed by atoms with E-state index in [0.29, 0.717) is 11.7 Å². The molecule has 0 radical (unpaired) electrons. The summed E-state index contributed by atoms with van der Waals surface area (Å²) in [5, 5.41) is 0. The monoisotopic (exact) mass is 136 g/mol. The summed E-state index contributed by atoms with van der Waals surface area (Å²) in [6, 6.07) is 0. The molecule has 5 saturated carbocycles. The second kappa shape index (κ2) is 1.46. The molecule has 0 spiro atoms. The summed E-state index contributed by atoms with van der Waals surface area (Å²) >= 11 is 0. The average Bonchev–Trinajstić information content (AvgIpc) is 1.84. The van der Waals surface area contributed by atoms with Gasteiger partial charge < -0.3 is 0 Å². The molecule has 0 saturated heterocycles. The van der Waals surface area contributed by atoms with Crippen molar-refractivity contribution in [3.05, 3.63) is 0 Å². The molecule has 5 rings (SSSR count). The van der Waals surface area contributed by atoms with E-state index in [1.807, 2.05) is 0 Å². The smallest absolute Gasteiger partial charge is 0.136 e. The average molecular weight is 136 g/mol. The molecule has 0 aromatic carbocycles. The van der Waals surface area contributed by atoms with Crippen molar-refractivity contribution >= 4 is 5.78 Å². The third-order valence-corrected chi connectivity index (χ3v) is 3.76. The lowest BCUT2D eigenvalue weighted by Crippen LogP contribution is -2.53. The SMILES string of the molecule is O=C1CC2CC3CC(C2)C13. The number of hydrogen-bond donors (Lipinski definition) is 0. The van der Waals surface area contributed by atoms with Gasteiger partial charge in [0.1, 0.15) is 5.78 Å². The van der Waals surface area contributed by atoms with Gasteiger partial charge in [0.2, 0.25) is 0 Å². The number of carbonyl (C=O) groups is 1. The predicted octanol–water partition coefficient (Wildman–Crippen LogP) is 1.62. The highest BCUT2D eigenvalue weighted by molar-refractivity contribution is 5.84. The Labute approximate surface area is 60.8 Å². The minimum absolute atomic E-state index is 0.546. The molecule has 54 valence electrons.